The topological polar surface area (TPSA) is 108 Å². The maximum absolute atomic E-state index is 13.2. The summed E-state index contributed by atoms with van der Waals surface area (Å²) < 4.78 is 0. The Bertz CT molecular complexity index is 1040. The highest BCUT2D eigenvalue weighted by Gasteiger charge is 2.34. The van der Waals surface area contributed by atoms with Crippen molar-refractivity contribution in [2.45, 2.75) is 32.7 Å². The van der Waals surface area contributed by atoms with E-state index >= 15 is 0 Å². The van der Waals surface area contributed by atoms with Gasteiger partial charge in [-0.1, -0.05) is 6.07 Å². The molecule has 1 aliphatic rings. The van der Waals surface area contributed by atoms with E-state index in [2.05, 4.69) is 24.9 Å². The van der Waals surface area contributed by atoms with Crippen molar-refractivity contribution >= 4 is 5.91 Å². The highest BCUT2D eigenvalue weighted by Crippen LogP contribution is 2.33. The third-order valence-corrected chi connectivity index (χ3v) is 4.91. The van der Waals surface area contributed by atoms with Crippen molar-refractivity contribution in [3.63, 3.8) is 0 Å². The van der Waals surface area contributed by atoms with Crippen LogP contribution < -0.4 is 5.56 Å². The minimum atomic E-state index is -0.320. The second-order valence-corrected chi connectivity index (χ2v) is 6.68. The molecular weight excluding hydrogens is 344 g/mol. The first-order valence-electron chi connectivity index (χ1n) is 8.82. The molecule has 0 aromatic carbocycles. The number of carbonyl (C=O) groups excluding carboxylic acids is 1. The van der Waals surface area contributed by atoms with Crippen LogP contribution in [-0.2, 0) is 17.6 Å². The lowest BCUT2D eigenvalue weighted by molar-refractivity contribution is -0.132. The summed E-state index contributed by atoms with van der Waals surface area (Å²) in [6, 6.07) is 3.46. The van der Waals surface area contributed by atoms with Gasteiger partial charge < -0.3 is 14.9 Å². The summed E-state index contributed by atoms with van der Waals surface area (Å²) >= 11 is 0. The standard InChI is InChI=1S/C19H20N6O2/c1-11-14(19(27)24-12(2)23-11)8-16(26)25-7-5-15-17(22-10-21-15)18(25)13-4-3-6-20-9-13/h3-4,6,9-10,18H,5,7-8H2,1-2H3,(H,21,22)(H,23,24,27). The molecule has 1 aliphatic heterocycles. The van der Waals surface area contributed by atoms with Crippen molar-refractivity contribution in [1.82, 2.24) is 29.8 Å². The molecule has 138 valence electrons. The number of rotatable bonds is 3. The van der Waals surface area contributed by atoms with Gasteiger partial charge in [0.05, 0.1) is 18.4 Å². The molecule has 2 N–H and O–H groups in total. The van der Waals surface area contributed by atoms with Crippen molar-refractivity contribution in [1.29, 1.82) is 0 Å². The Hall–Kier alpha value is -3.29. The van der Waals surface area contributed by atoms with Crippen LogP contribution in [0, 0.1) is 13.8 Å². The van der Waals surface area contributed by atoms with Gasteiger partial charge in [0, 0.05) is 42.3 Å². The Morgan fingerprint density at radius 1 is 1.37 bits per heavy atom. The lowest BCUT2D eigenvalue weighted by Crippen LogP contribution is -2.42. The summed E-state index contributed by atoms with van der Waals surface area (Å²) in [5.41, 5.74) is 3.48. The van der Waals surface area contributed by atoms with E-state index in [4.69, 9.17) is 0 Å². The molecule has 0 radical (unpaired) electrons. The lowest BCUT2D eigenvalue weighted by atomic mass is 9.96. The van der Waals surface area contributed by atoms with Gasteiger partial charge in [0.2, 0.25) is 5.91 Å². The summed E-state index contributed by atoms with van der Waals surface area (Å²) in [5, 5.41) is 0. The third-order valence-electron chi connectivity index (χ3n) is 4.91. The van der Waals surface area contributed by atoms with Gasteiger partial charge in [-0.2, -0.15) is 0 Å². The van der Waals surface area contributed by atoms with E-state index in [0.717, 1.165) is 17.0 Å². The van der Waals surface area contributed by atoms with Crippen LogP contribution in [0.5, 0.6) is 0 Å². The van der Waals surface area contributed by atoms with Crippen molar-refractivity contribution in [2.24, 2.45) is 0 Å². The Balaban J connectivity index is 1.70. The number of pyridine rings is 1. The number of aromatic amines is 2. The quantitative estimate of drug-likeness (QED) is 0.727. The van der Waals surface area contributed by atoms with E-state index in [1.165, 1.54) is 0 Å². The van der Waals surface area contributed by atoms with Crippen LogP contribution >= 0.6 is 0 Å². The highest BCUT2D eigenvalue weighted by molar-refractivity contribution is 5.80. The van der Waals surface area contributed by atoms with Gasteiger partial charge in [0.25, 0.3) is 5.56 Å². The molecule has 27 heavy (non-hydrogen) atoms. The molecule has 0 spiro atoms. The fourth-order valence-electron chi connectivity index (χ4n) is 3.63. The van der Waals surface area contributed by atoms with Crippen molar-refractivity contribution in [3.05, 3.63) is 75.2 Å². The van der Waals surface area contributed by atoms with Crippen LogP contribution in [-0.4, -0.2) is 42.3 Å². The maximum atomic E-state index is 13.2. The number of aryl methyl sites for hydroxylation is 2. The molecule has 8 heteroatoms. The van der Waals surface area contributed by atoms with Crippen LogP contribution in [0.15, 0.2) is 35.6 Å². The van der Waals surface area contributed by atoms with Crippen molar-refractivity contribution in [3.8, 4) is 0 Å². The van der Waals surface area contributed by atoms with E-state index in [9.17, 15) is 9.59 Å². The molecule has 0 aliphatic carbocycles. The first kappa shape index (κ1) is 17.1. The van der Waals surface area contributed by atoms with E-state index < -0.39 is 0 Å². The first-order valence-corrected chi connectivity index (χ1v) is 8.82. The number of amides is 1. The molecule has 4 rings (SSSR count). The predicted octanol–water partition coefficient (Wildman–Crippen LogP) is 1.22. The molecule has 0 bridgehead atoms. The summed E-state index contributed by atoms with van der Waals surface area (Å²) in [6.07, 6.45) is 5.80. The van der Waals surface area contributed by atoms with Gasteiger partial charge in [-0.05, 0) is 25.5 Å². The number of H-pyrrole nitrogens is 2. The molecule has 8 nitrogen and oxygen atoms in total. The number of nitrogens with one attached hydrogen (secondary N) is 2. The van der Waals surface area contributed by atoms with E-state index in [-0.39, 0.29) is 23.9 Å². The number of imidazole rings is 1. The summed E-state index contributed by atoms with van der Waals surface area (Å²) in [4.78, 5) is 46.0. The fraction of sp³-hybridized carbons (Fsp3) is 0.316. The average molecular weight is 364 g/mol. The SMILES string of the molecule is Cc1nc(C)c(CC(=O)N2CCc3[nH]cnc3C2c2cccnc2)c(=O)[nH]1. The summed E-state index contributed by atoms with van der Waals surface area (Å²) in [7, 11) is 0. The molecule has 4 heterocycles. The van der Waals surface area contributed by atoms with E-state index in [1.54, 1.807) is 37.5 Å². The van der Waals surface area contributed by atoms with E-state index in [0.29, 0.717) is 30.0 Å². The van der Waals surface area contributed by atoms with Crippen LogP contribution in [0.25, 0.3) is 0 Å². The Labute approximate surface area is 155 Å². The zero-order valence-corrected chi connectivity index (χ0v) is 15.2. The number of hydrogen-bond donors (Lipinski definition) is 2. The zero-order valence-electron chi connectivity index (χ0n) is 15.2. The largest absolute Gasteiger partial charge is 0.348 e. The average Bonchev–Trinajstić information content (AvgIpc) is 3.13. The van der Waals surface area contributed by atoms with Gasteiger partial charge in [-0.25, -0.2) is 9.97 Å². The predicted molar refractivity (Wildman–Crippen MR) is 98.1 cm³/mol. The Morgan fingerprint density at radius 3 is 2.96 bits per heavy atom. The summed E-state index contributed by atoms with van der Waals surface area (Å²) in [6.45, 7) is 4.03. The fourth-order valence-corrected chi connectivity index (χ4v) is 3.63. The molecule has 0 saturated heterocycles. The van der Waals surface area contributed by atoms with Crippen molar-refractivity contribution in [2.75, 3.05) is 6.54 Å². The van der Waals surface area contributed by atoms with Gasteiger partial charge in [0.1, 0.15) is 11.9 Å². The number of hydrogen-bond acceptors (Lipinski definition) is 5. The van der Waals surface area contributed by atoms with Crippen LogP contribution in [0.1, 0.15) is 40.1 Å². The van der Waals surface area contributed by atoms with Crippen LogP contribution in [0.3, 0.4) is 0 Å². The van der Waals surface area contributed by atoms with Crippen molar-refractivity contribution < 1.29 is 4.79 Å². The first-order chi connectivity index (χ1) is 13.0. The second-order valence-electron chi connectivity index (χ2n) is 6.68. The Kier molecular flexibility index (Phi) is 4.31. The van der Waals surface area contributed by atoms with E-state index in [1.807, 2.05) is 12.1 Å². The maximum Gasteiger partial charge on any atom is 0.254 e. The smallest absolute Gasteiger partial charge is 0.254 e. The number of carbonyl (C=O) groups is 1. The number of fused-ring (bicyclic) bond motifs is 1. The zero-order chi connectivity index (χ0) is 19.0. The molecule has 1 unspecified atom stereocenters. The normalized spacial score (nSPS) is 16.2. The molecular formula is C19H20N6O2. The molecule has 0 saturated carbocycles. The van der Waals surface area contributed by atoms with Gasteiger partial charge in [-0.15, -0.1) is 0 Å². The molecule has 3 aromatic heterocycles. The Morgan fingerprint density at radius 2 is 2.22 bits per heavy atom. The highest BCUT2D eigenvalue weighted by atomic mass is 16.2. The van der Waals surface area contributed by atoms with Gasteiger partial charge in [0.15, 0.2) is 0 Å². The summed E-state index contributed by atoms with van der Waals surface area (Å²) in [5.74, 6) is 0.415. The molecule has 1 amide bonds. The van der Waals surface area contributed by atoms with Crippen LogP contribution in [0.2, 0.25) is 0 Å². The minimum Gasteiger partial charge on any atom is -0.348 e. The molecule has 0 fully saturated rings. The van der Waals surface area contributed by atoms with Gasteiger partial charge in [-0.3, -0.25) is 14.6 Å². The number of nitrogens with zero attached hydrogens (tertiary/aromatic N) is 4. The second kappa shape index (κ2) is 6.79. The molecule has 1 atom stereocenters. The van der Waals surface area contributed by atoms with Gasteiger partial charge >= 0.3 is 0 Å². The monoisotopic (exact) mass is 364 g/mol. The molecule has 3 aromatic rings. The lowest BCUT2D eigenvalue weighted by Gasteiger charge is -2.35. The number of aromatic nitrogens is 5. The third kappa shape index (κ3) is 3.14. The van der Waals surface area contributed by atoms with Crippen LogP contribution in [0.4, 0.5) is 0 Å². The minimum absolute atomic E-state index is 0.00493.